The molecule has 1 N–H and O–H groups in total. The molecule has 0 spiro atoms. The van der Waals surface area contributed by atoms with Crippen LogP contribution in [-0.4, -0.2) is 38.1 Å². The summed E-state index contributed by atoms with van der Waals surface area (Å²) in [4.78, 5) is 1.68. The molecule has 0 radical (unpaired) electrons. The van der Waals surface area contributed by atoms with E-state index in [4.69, 9.17) is 16.3 Å². The van der Waals surface area contributed by atoms with Crippen molar-refractivity contribution in [2.75, 3.05) is 23.8 Å². The minimum atomic E-state index is -1.13. The minimum Gasteiger partial charge on any atom is -0.495 e. The summed E-state index contributed by atoms with van der Waals surface area (Å²) in [5, 5.41) is 11.6. The number of nitrogens with zero attached hydrogens (tertiary/aromatic N) is 3. The number of halogens is 1. The van der Waals surface area contributed by atoms with Crippen molar-refractivity contribution in [3.8, 4) is 22.1 Å². The second-order valence-corrected chi connectivity index (χ2v) is 10.4. The topological polar surface area (TPSA) is 69.0 Å². The number of hydrogen-bond donors (Lipinski definition) is 1. The molecule has 1 atom stereocenters. The first kappa shape index (κ1) is 22.8. The van der Waals surface area contributed by atoms with Crippen LogP contribution in [0.4, 0.5) is 5.95 Å². The smallest absolute Gasteiger partial charge is 0.239 e. The van der Waals surface area contributed by atoms with Gasteiger partial charge in [0.1, 0.15) is 5.75 Å². The fraction of sp³-hybridized carbons (Fsp3) is 0.182. The lowest BCUT2D eigenvalue weighted by Gasteiger charge is -2.15. The van der Waals surface area contributed by atoms with Crippen LogP contribution in [0.25, 0.3) is 16.4 Å². The van der Waals surface area contributed by atoms with Crippen LogP contribution in [0, 0.1) is 0 Å². The number of hydrogen-bond acceptors (Lipinski definition) is 7. The van der Waals surface area contributed by atoms with E-state index >= 15 is 0 Å². The van der Waals surface area contributed by atoms with Gasteiger partial charge in [-0.15, -0.1) is 21.5 Å². The second kappa shape index (κ2) is 10.5. The Bertz CT molecular complexity index is 1210. The van der Waals surface area contributed by atoms with Gasteiger partial charge in [-0.25, -0.2) is 0 Å². The molecular weight excluding hydrogens is 484 g/mol. The molecule has 2 aromatic carbocycles. The van der Waals surface area contributed by atoms with Crippen LogP contribution >= 0.6 is 34.9 Å². The summed E-state index contributed by atoms with van der Waals surface area (Å²) in [6, 6.07) is 17.3. The van der Waals surface area contributed by atoms with Crippen LogP contribution in [0.15, 0.2) is 64.9 Å². The molecule has 0 aliphatic carbocycles. The Hall–Kier alpha value is -2.33. The molecule has 2 heterocycles. The summed E-state index contributed by atoms with van der Waals surface area (Å²) < 4.78 is 23.0. The molecule has 32 heavy (non-hydrogen) atoms. The average molecular weight is 505 g/mol. The summed E-state index contributed by atoms with van der Waals surface area (Å²) in [5.74, 6) is 2.75. The summed E-state index contributed by atoms with van der Waals surface area (Å²) in [5.41, 5.74) is 1.94. The van der Waals surface area contributed by atoms with E-state index in [-0.39, 0.29) is 0 Å². The number of anilines is 1. The van der Waals surface area contributed by atoms with Crippen LogP contribution in [0.2, 0.25) is 5.02 Å². The highest BCUT2D eigenvalue weighted by molar-refractivity contribution is 8.00. The van der Waals surface area contributed by atoms with Gasteiger partial charge in [-0.3, -0.25) is 13.5 Å². The molecule has 10 heteroatoms. The Kier molecular flexibility index (Phi) is 7.51. The largest absolute Gasteiger partial charge is 0.495 e. The quantitative estimate of drug-likeness (QED) is 0.233. The Morgan fingerprint density at radius 3 is 2.69 bits per heavy atom. The van der Waals surface area contributed by atoms with Crippen molar-refractivity contribution >= 4 is 51.6 Å². The third-order valence-corrected chi connectivity index (χ3v) is 7.47. The number of ether oxygens (including phenoxy) is 1. The molecule has 4 rings (SSSR count). The number of aryl methyl sites for hydroxylation is 1. The van der Waals surface area contributed by atoms with Gasteiger partial charge in [0.25, 0.3) is 0 Å². The molecule has 1 unspecified atom stereocenters. The molecule has 0 saturated heterocycles. The number of nitrogens with one attached hydrogen (secondary N) is 1. The molecule has 6 nitrogen and oxygen atoms in total. The SMILES string of the molecule is COc1ccc(S(C)=O)cc1-n1c(NSCCc2ccc(Cl)cc2)nnc1-c1cccs1. The van der Waals surface area contributed by atoms with E-state index < -0.39 is 10.8 Å². The Labute approximate surface area is 202 Å². The van der Waals surface area contributed by atoms with Crippen molar-refractivity contribution in [1.82, 2.24) is 14.8 Å². The molecule has 0 aliphatic heterocycles. The number of thiophene rings is 1. The molecule has 0 aliphatic rings. The van der Waals surface area contributed by atoms with Gasteiger partial charge in [-0.1, -0.05) is 29.8 Å². The third kappa shape index (κ3) is 5.17. The second-order valence-electron chi connectivity index (χ2n) is 6.77. The van der Waals surface area contributed by atoms with Crippen molar-refractivity contribution in [3.05, 3.63) is 70.6 Å². The summed E-state index contributed by atoms with van der Waals surface area (Å²) in [6.07, 6.45) is 2.54. The van der Waals surface area contributed by atoms with E-state index in [1.165, 1.54) is 5.56 Å². The summed E-state index contributed by atoms with van der Waals surface area (Å²) in [6.45, 7) is 0. The first-order chi connectivity index (χ1) is 15.6. The van der Waals surface area contributed by atoms with Gasteiger partial charge in [-0.2, -0.15) is 0 Å². The lowest BCUT2D eigenvalue weighted by Crippen LogP contribution is -2.06. The highest BCUT2D eigenvalue weighted by Crippen LogP contribution is 2.34. The predicted molar refractivity (Wildman–Crippen MR) is 135 cm³/mol. The molecule has 0 fully saturated rings. The van der Waals surface area contributed by atoms with Crippen LogP contribution in [0.1, 0.15) is 5.56 Å². The molecule has 0 saturated carbocycles. The van der Waals surface area contributed by atoms with Crippen molar-refractivity contribution in [3.63, 3.8) is 0 Å². The number of benzene rings is 2. The van der Waals surface area contributed by atoms with E-state index in [2.05, 4.69) is 14.9 Å². The molecule has 0 bridgehead atoms. The maximum atomic E-state index is 12.1. The first-order valence-electron chi connectivity index (χ1n) is 9.70. The van der Waals surface area contributed by atoms with Crippen molar-refractivity contribution in [1.29, 1.82) is 0 Å². The maximum absolute atomic E-state index is 12.1. The van der Waals surface area contributed by atoms with E-state index in [0.29, 0.717) is 22.4 Å². The highest BCUT2D eigenvalue weighted by atomic mass is 35.5. The van der Waals surface area contributed by atoms with Gasteiger partial charge >= 0.3 is 0 Å². The highest BCUT2D eigenvalue weighted by Gasteiger charge is 2.20. The molecule has 166 valence electrons. The normalized spacial score (nSPS) is 12.0. The van der Waals surface area contributed by atoms with Crippen LogP contribution in [0.5, 0.6) is 5.75 Å². The van der Waals surface area contributed by atoms with Gasteiger partial charge in [0.2, 0.25) is 5.95 Å². The molecule has 0 amide bonds. The predicted octanol–water partition coefficient (Wildman–Crippen LogP) is 5.70. The van der Waals surface area contributed by atoms with Gasteiger partial charge in [0.15, 0.2) is 5.82 Å². The zero-order chi connectivity index (χ0) is 22.5. The maximum Gasteiger partial charge on any atom is 0.239 e. The fourth-order valence-corrected chi connectivity index (χ4v) is 5.17. The Morgan fingerprint density at radius 2 is 2.00 bits per heavy atom. The lowest BCUT2D eigenvalue weighted by molar-refractivity contribution is 0.412. The standard InChI is InChI=1S/C22H21ClN4O2S3/c1-29-19-10-9-17(32(2)28)14-18(19)27-21(20-4-3-12-30-20)24-25-22(27)26-31-13-11-15-5-7-16(23)8-6-15/h3-10,12,14H,11,13H2,1-2H3,(H,25,26). The van der Waals surface area contributed by atoms with Gasteiger partial charge in [0, 0.05) is 32.7 Å². The van der Waals surface area contributed by atoms with Crippen LogP contribution < -0.4 is 9.46 Å². The van der Waals surface area contributed by atoms with Crippen LogP contribution in [-0.2, 0) is 17.2 Å². The first-order valence-corrected chi connectivity index (χ1v) is 13.5. The zero-order valence-corrected chi connectivity index (χ0v) is 20.7. The number of rotatable bonds is 9. The van der Waals surface area contributed by atoms with E-state index in [9.17, 15) is 4.21 Å². The van der Waals surface area contributed by atoms with Crippen molar-refractivity contribution in [2.24, 2.45) is 0 Å². The number of aromatic nitrogens is 3. The van der Waals surface area contributed by atoms with Crippen molar-refractivity contribution < 1.29 is 8.95 Å². The zero-order valence-electron chi connectivity index (χ0n) is 17.4. The average Bonchev–Trinajstić information content (AvgIpc) is 3.47. The summed E-state index contributed by atoms with van der Waals surface area (Å²) >= 11 is 9.09. The Balaban J connectivity index is 1.63. The minimum absolute atomic E-state index is 0.576. The third-order valence-electron chi connectivity index (χ3n) is 4.70. The molecule has 4 aromatic rings. The van der Waals surface area contributed by atoms with E-state index in [1.807, 2.05) is 64.5 Å². The van der Waals surface area contributed by atoms with E-state index in [0.717, 1.165) is 27.8 Å². The van der Waals surface area contributed by atoms with E-state index in [1.54, 1.807) is 36.7 Å². The van der Waals surface area contributed by atoms with Crippen LogP contribution in [0.3, 0.4) is 0 Å². The summed E-state index contributed by atoms with van der Waals surface area (Å²) in [7, 11) is 0.483. The number of methoxy groups -OCH3 is 1. The molecular formula is C22H21ClN4O2S3. The van der Waals surface area contributed by atoms with Gasteiger partial charge in [-0.05, 0) is 65.7 Å². The monoisotopic (exact) mass is 504 g/mol. The molecule has 2 aromatic heterocycles. The Morgan fingerprint density at radius 1 is 1.19 bits per heavy atom. The van der Waals surface area contributed by atoms with Gasteiger partial charge in [0.05, 0.1) is 17.7 Å². The fourth-order valence-electron chi connectivity index (χ4n) is 3.10. The van der Waals surface area contributed by atoms with Gasteiger partial charge < -0.3 is 4.74 Å². The van der Waals surface area contributed by atoms with Crippen molar-refractivity contribution in [2.45, 2.75) is 11.3 Å². The lowest BCUT2D eigenvalue weighted by atomic mass is 10.2.